The summed E-state index contributed by atoms with van der Waals surface area (Å²) in [6.07, 6.45) is 0. The van der Waals surface area contributed by atoms with Crippen LogP contribution in [0.5, 0.6) is 0 Å². The number of carbonyl (C=O) groups is 2. The summed E-state index contributed by atoms with van der Waals surface area (Å²) in [4.78, 5) is 18.2. The zero-order valence-corrected chi connectivity index (χ0v) is 4.69. The van der Waals surface area contributed by atoms with Gasteiger partial charge in [0.05, 0.1) is 0 Å². The van der Waals surface area contributed by atoms with Crippen LogP contribution in [0.1, 0.15) is 0 Å². The van der Waals surface area contributed by atoms with Gasteiger partial charge in [0.1, 0.15) is 0 Å². The van der Waals surface area contributed by atoms with Crippen LogP contribution in [-0.2, 0) is 9.59 Å². The van der Waals surface area contributed by atoms with E-state index in [1.165, 1.54) is 0 Å². The van der Waals surface area contributed by atoms with E-state index in [2.05, 4.69) is 0 Å². The third-order valence-electron chi connectivity index (χ3n) is 0.183. The monoisotopic (exact) mass is 264 g/mol. The minimum atomic E-state index is -1.82. The quantitative estimate of drug-likeness (QED) is 0.558. The molecule has 0 aliphatic carbocycles. The third-order valence-corrected chi connectivity index (χ3v) is 0.183. The van der Waals surface area contributed by atoms with Crippen molar-refractivity contribution in [1.29, 1.82) is 0 Å². The van der Waals surface area contributed by atoms with E-state index in [4.69, 9.17) is 19.8 Å². The van der Waals surface area contributed by atoms with E-state index in [0.717, 1.165) is 0 Å². The second kappa shape index (κ2) is 4.61. The van der Waals surface area contributed by atoms with Crippen molar-refractivity contribution in [3.05, 3.63) is 0 Å². The largest absolute Gasteiger partial charge is 0.473 e. The Labute approximate surface area is 77.8 Å². The first-order valence-corrected chi connectivity index (χ1v) is 1.11. The molecule has 0 atom stereocenters. The van der Waals surface area contributed by atoms with Gasteiger partial charge in [0, 0.05) is 46.9 Å². The summed E-state index contributed by atoms with van der Waals surface area (Å²) in [5.41, 5.74) is 0. The van der Waals surface area contributed by atoms with E-state index in [9.17, 15) is 0 Å². The van der Waals surface area contributed by atoms with Crippen molar-refractivity contribution >= 4 is 11.9 Å². The molecular weight excluding hydrogens is 261 g/mol. The Balaban J connectivity index is 0. The van der Waals surface area contributed by atoms with Gasteiger partial charge in [-0.2, -0.15) is 0 Å². The van der Waals surface area contributed by atoms with E-state index in [1.807, 2.05) is 0 Å². The van der Waals surface area contributed by atoms with Gasteiger partial charge in [0.2, 0.25) is 0 Å². The molecule has 0 aliphatic heterocycles. The molecule has 0 saturated heterocycles. The van der Waals surface area contributed by atoms with Gasteiger partial charge < -0.3 is 10.2 Å². The molecule has 0 aromatic carbocycles. The molecule has 0 bridgehead atoms. The summed E-state index contributed by atoms with van der Waals surface area (Å²) < 4.78 is 0. The molecule has 48 valence electrons. The minimum Gasteiger partial charge on any atom is -0.473 e. The molecule has 0 aliphatic rings. The van der Waals surface area contributed by atoms with Gasteiger partial charge in [0.25, 0.3) is 0 Å². The molecule has 0 saturated carbocycles. The molecule has 5 heteroatoms. The normalized spacial score (nSPS) is 6.29. The topological polar surface area (TPSA) is 74.6 Å². The van der Waals surface area contributed by atoms with Gasteiger partial charge >= 0.3 is 11.9 Å². The van der Waals surface area contributed by atoms with Crippen LogP contribution in [0.25, 0.3) is 0 Å². The van der Waals surface area contributed by atoms with Crippen LogP contribution < -0.4 is 0 Å². The fourth-order valence-corrected chi connectivity index (χ4v) is 0. The van der Waals surface area contributed by atoms with E-state index < -0.39 is 11.9 Å². The fourth-order valence-electron chi connectivity index (χ4n) is 0. The molecule has 0 radical (unpaired) electrons. The van der Waals surface area contributed by atoms with E-state index in [1.54, 1.807) is 0 Å². The molecule has 0 aromatic heterocycles. The Hall–Kier alpha value is 0.459. The van der Waals surface area contributed by atoms with Crippen molar-refractivity contribution in [3.8, 4) is 0 Å². The van der Waals surface area contributed by atoms with Crippen molar-refractivity contribution < 1.29 is 66.7 Å². The number of carboxylic acids is 2. The molecule has 0 amide bonds. The zero-order chi connectivity index (χ0) is 5.15. The fraction of sp³-hybridized carbons (Fsp3) is 0. The molecule has 0 rings (SSSR count). The van der Waals surface area contributed by atoms with Gasteiger partial charge in [-0.15, -0.1) is 0 Å². The van der Waals surface area contributed by atoms with Gasteiger partial charge in [-0.3, -0.25) is 0 Å². The standard InChI is InChI=1S/C2H2O4.Yb/c3-1(4)2(5)6;/h(H,3,4)(H,5,6);. The molecule has 0 spiro atoms. The van der Waals surface area contributed by atoms with E-state index >= 15 is 0 Å². The van der Waals surface area contributed by atoms with Crippen LogP contribution in [0.3, 0.4) is 0 Å². The minimum absolute atomic E-state index is 0. The number of rotatable bonds is 0. The van der Waals surface area contributed by atoms with Crippen LogP contribution in [0.4, 0.5) is 0 Å². The number of aliphatic carboxylic acids is 2. The van der Waals surface area contributed by atoms with E-state index in [0.29, 0.717) is 0 Å². The van der Waals surface area contributed by atoms with Crippen LogP contribution in [0, 0.1) is 46.9 Å². The second-order valence-corrected chi connectivity index (χ2v) is 0.610. The maximum atomic E-state index is 9.10. The molecule has 0 unspecified atom stereocenters. The summed E-state index contributed by atoms with van der Waals surface area (Å²) in [5.74, 6) is -3.65. The van der Waals surface area contributed by atoms with Crippen molar-refractivity contribution in [3.63, 3.8) is 0 Å². The Morgan fingerprint density at radius 2 is 1.14 bits per heavy atom. The van der Waals surface area contributed by atoms with Crippen molar-refractivity contribution in [2.45, 2.75) is 0 Å². The van der Waals surface area contributed by atoms with Crippen LogP contribution in [-0.4, -0.2) is 22.2 Å². The summed E-state index contributed by atoms with van der Waals surface area (Å²) in [7, 11) is 0. The number of hydrogen-bond donors (Lipinski definition) is 2. The van der Waals surface area contributed by atoms with Crippen LogP contribution in [0.2, 0.25) is 0 Å². The van der Waals surface area contributed by atoms with Gasteiger partial charge in [-0.1, -0.05) is 0 Å². The van der Waals surface area contributed by atoms with Crippen molar-refractivity contribution in [2.24, 2.45) is 0 Å². The Morgan fingerprint density at radius 1 is 1.00 bits per heavy atom. The summed E-state index contributed by atoms with van der Waals surface area (Å²) >= 11 is 0. The molecule has 0 heterocycles. The molecule has 0 aromatic rings. The molecule has 7 heavy (non-hydrogen) atoms. The van der Waals surface area contributed by atoms with Crippen molar-refractivity contribution in [2.75, 3.05) is 0 Å². The Morgan fingerprint density at radius 3 is 1.14 bits per heavy atom. The number of hydrogen-bond acceptors (Lipinski definition) is 2. The first kappa shape index (κ1) is 10.4. The first-order valence-electron chi connectivity index (χ1n) is 1.11. The summed E-state index contributed by atoms with van der Waals surface area (Å²) in [6, 6.07) is 0. The average Bonchev–Trinajstić information content (AvgIpc) is 1.36. The van der Waals surface area contributed by atoms with Crippen LogP contribution >= 0.6 is 0 Å². The maximum Gasteiger partial charge on any atom is 0.414 e. The first-order chi connectivity index (χ1) is 2.64. The van der Waals surface area contributed by atoms with Gasteiger partial charge in [-0.05, 0) is 0 Å². The Bertz CT molecular complexity index is 75.7. The van der Waals surface area contributed by atoms with Gasteiger partial charge in [0.15, 0.2) is 0 Å². The third kappa shape index (κ3) is 6.46. The second-order valence-electron chi connectivity index (χ2n) is 0.610. The predicted octanol–water partition coefficient (Wildman–Crippen LogP) is -0.844. The SMILES string of the molecule is O=C(O)C(=O)O.[Yb]. The van der Waals surface area contributed by atoms with Crippen LogP contribution in [0.15, 0.2) is 0 Å². The number of carboxylic acid groups (broad SMARTS) is 2. The maximum absolute atomic E-state index is 9.10. The molecular formula is C2H2O4Yb. The zero-order valence-electron chi connectivity index (χ0n) is 2.98. The van der Waals surface area contributed by atoms with Gasteiger partial charge in [-0.25, -0.2) is 9.59 Å². The smallest absolute Gasteiger partial charge is 0.414 e. The summed E-state index contributed by atoms with van der Waals surface area (Å²) in [6.45, 7) is 0. The Kier molecular flexibility index (Phi) is 6.88. The van der Waals surface area contributed by atoms with E-state index in [-0.39, 0.29) is 46.9 Å². The molecule has 2 N–H and O–H groups in total. The predicted molar refractivity (Wildman–Crippen MR) is 15.3 cm³/mol. The average molecular weight is 263 g/mol. The molecule has 0 fully saturated rings. The summed E-state index contributed by atoms with van der Waals surface area (Å²) in [5, 5.41) is 14.8. The van der Waals surface area contributed by atoms with Crippen molar-refractivity contribution in [1.82, 2.24) is 0 Å². The molecule has 4 nitrogen and oxygen atoms in total.